The number of anilines is 2. The Morgan fingerprint density at radius 3 is 2.35 bits per heavy atom. The number of hydrogen-bond acceptors (Lipinski definition) is 6. The van der Waals surface area contributed by atoms with E-state index in [1.54, 1.807) is 6.07 Å². The summed E-state index contributed by atoms with van der Waals surface area (Å²) in [5, 5.41) is 20.3. The van der Waals surface area contributed by atoms with E-state index in [4.69, 9.17) is 11.5 Å². The maximum absolute atomic E-state index is 9.21. The van der Waals surface area contributed by atoms with Crippen LogP contribution in [0.3, 0.4) is 0 Å². The molecule has 1 aromatic carbocycles. The molecule has 0 fully saturated rings. The minimum atomic E-state index is 0.267. The number of hydrogen-bond donors (Lipinski definition) is 2. The fourth-order valence-electron chi connectivity index (χ4n) is 2.28. The lowest BCUT2D eigenvalue weighted by atomic mass is 10.0. The number of nitrogens with zero attached hydrogens (tertiary/aromatic N) is 4. The van der Waals surface area contributed by atoms with Gasteiger partial charge in [-0.05, 0) is 6.07 Å². The summed E-state index contributed by atoms with van der Waals surface area (Å²) in [7, 11) is 0. The second-order valence-corrected chi connectivity index (χ2v) is 4.29. The zero-order chi connectivity index (χ0) is 14.3. The predicted octanol–water partition coefficient (Wildman–Crippen LogP) is 1.69. The highest BCUT2D eigenvalue weighted by atomic mass is 14.8. The molecule has 0 radical (unpaired) electrons. The molecule has 0 unspecified atom stereocenters. The minimum Gasteiger partial charge on any atom is -0.398 e. The van der Waals surface area contributed by atoms with Crippen LogP contribution in [0.5, 0.6) is 0 Å². The van der Waals surface area contributed by atoms with Gasteiger partial charge in [-0.1, -0.05) is 0 Å². The lowest BCUT2D eigenvalue weighted by molar-refractivity contribution is 1.39. The second-order valence-electron chi connectivity index (χ2n) is 4.29. The molecule has 0 amide bonds. The van der Waals surface area contributed by atoms with Gasteiger partial charge in [-0.15, -0.1) is 0 Å². The van der Waals surface area contributed by atoms with Crippen LogP contribution in [0.15, 0.2) is 24.5 Å². The molecule has 3 rings (SSSR count). The molecule has 0 saturated carbocycles. The monoisotopic (exact) mass is 260 g/mol. The Labute approximate surface area is 113 Å². The molecule has 20 heavy (non-hydrogen) atoms. The summed E-state index contributed by atoms with van der Waals surface area (Å²) in [6.07, 6.45) is 2.98. The van der Waals surface area contributed by atoms with E-state index in [1.165, 1.54) is 18.5 Å². The normalized spacial score (nSPS) is 10.3. The van der Waals surface area contributed by atoms with Crippen LogP contribution in [-0.2, 0) is 0 Å². The van der Waals surface area contributed by atoms with Crippen molar-refractivity contribution >= 4 is 33.2 Å². The van der Waals surface area contributed by atoms with E-state index in [9.17, 15) is 10.5 Å². The molecule has 0 bridgehead atoms. The van der Waals surface area contributed by atoms with Crippen molar-refractivity contribution in [2.45, 2.75) is 0 Å². The van der Waals surface area contributed by atoms with Crippen LogP contribution in [0.1, 0.15) is 11.1 Å². The van der Waals surface area contributed by atoms with Crippen molar-refractivity contribution in [1.82, 2.24) is 9.97 Å². The third-order valence-electron chi connectivity index (χ3n) is 3.11. The van der Waals surface area contributed by atoms with E-state index in [0.717, 1.165) is 0 Å². The highest BCUT2D eigenvalue weighted by molar-refractivity contribution is 6.15. The van der Waals surface area contributed by atoms with Crippen LogP contribution in [0.25, 0.3) is 21.7 Å². The third kappa shape index (κ3) is 1.49. The molecular weight excluding hydrogens is 252 g/mol. The molecule has 0 aliphatic heterocycles. The van der Waals surface area contributed by atoms with Crippen molar-refractivity contribution in [1.29, 1.82) is 10.5 Å². The molecule has 0 spiro atoms. The maximum Gasteiger partial charge on any atom is 0.125 e. The smallest absolute Gasteiger partial charge is 0.125 e. The molecule has 0 atom stereocenters. The van der Waals surface area contributed by atoms with E-state index in [1.807, 2.05) is 0 Å². The van der Waals surface area contributed by atoms with E-state index in [2.05, 4.69) is 22.1 Å². The quantitative estimate of drug-likeness (QED) is 0.633. The first-order valence-corrected chi connectivity index (χ1v) is 5.72. The zero-order valence-corrected chi connectivity index (χ0v) is 10.3. The largest absolute Gasteiger partial charge is 0.398 e. The van der Waals surface area contributed by atoms with Gasteiger partial charge in [0, 0.05) is 40.3 Å². The highest BCUT2D eigenvalue weighted by Gasteiger charge is 2.15. The van der Waals surface area contributed by atoms with Crippen molar-refractivity contribution in [2.75, 3.05) is 11.5 Å². The molecule has 3 aromatic rings. The number of aromatic nitrogens is 2. The van der Waals surface area contributed by atoms with Gasteiger partial charge >= 0.3 is 0 Å². The van der Waals surface area contributed by atoms with Gasteiger partial charge in [-0.3, -0.25) is 4.98 Å². The van der Waals surface area contributed by atoms with Gasteiger partial charge in [0.1, 0.15) is 18.0 Å². The number of nitrogen functional groups attached to an aromatic ring is 2. The molecule has 0 aliphatic carbocycles. The second kappa shape index (κ2) is 4.08. The fraction of sp³-hybridized carbons (Fsp3) is 0. The van der Waals surface area contributed by atoms with Crippen LogP contribution < -0.4 is 11.5 Å². The highest BCUT2D eigenvalue weighted by Crippen LogP contribution is 2.33. The Morgan fingerprint density at radius 2 is 1.65 bits per heavy atom. The Hall–Kier alpha value is -3.38. The molecule has 94 valence electrons. The third-order valence-corrected chi connectivity index (χ3v) is 3.11. The van der Waals surface area contributed by atoms with Gasteiger partial charge in [0.25, 0.3) is 0 Å². The Kier molecular flexibility index (Phi) is 2.38. The van der Waals surface area contributed by atoms with Crippen molar-refractivity contribution < 1.29 is 0 Å². The average molecular weight is 260 g/mol. The van der Waals surface area contributed by atoms with Gasteiger partial charge in [0.05, 0.1) is 16.6 Å². The molecule has 2 heterocycles. The van der Waals surface area contributed by atoms with Crippen molar-refractivity contribution in [2.24, 2.45) is 0 Å². The molecular formula is C14H8N6. The summed E-state index contributed by atoms with van der Waals surface area (Å²) < 4.78 is 0. The first kappa shape index (κ1) is 11.7. The number of rotatable bonds is 0. The number of fused-ring (bicyclic) bond motifs is 3. The molecule has 0 saturated heterocycles. The Bertz CT molecular complexity index is 946. The summed E-state index contributed by atoms with van der Waals surface area (Å²) in [5.41, 5.74) is 13.3. The summed E-state index contributed by atoms with van der Waals surface area (Å²) >= 11 is 0. The maximum atomic E-state index is 9.21. The van der Waals surface area contributed by atoms with Crippen LogP contribution in [0.4, 0.5) is 11.5 Å². The summed E-state index contributed by atoms with van der Waals surface area (Å²) in [4.78, 5) is 8.18. The molecule has 6 nitrogen and oxygen atoms in total. The Balaban J connectivity index is 2.71. The van der Waals surface area contributed by atoms with E-state index < -0.39 is 0 Å². The molecule has 0 aliphatic rings. The fourth-order valence-corrected chi connectivity index (χ4v) is 2.28. The Morgan fingerprint density at radius 1 is 0.900 bits per heavy atom. The number of nitriles is 2. The lowest BCUT2D eigenvalue weighted by Gasteiger charge is -2.01. The van der Waals surface area contributed by atoms with Gasteiger partial charge in [-0.2, -0.15) is 10.5 Å². The van der Waals surface area contributed by atoms with Crippen LogP contribution in [0.2, 0.25) is 0 Å². The summed E-state index contributed by atoms with van der Waals surface area (Å²) in [5.74, 6) is 0.267. The van der Waals surface area contributed by atoms with E-state index in [-0.39, 0.29) is 5.82 Å². The predicted molar refractivity (Wildman–Crippen MR) is 75.3 cm³/mol. The SMILES string of the molecule is N#Cc1cc2cnc(N)cc(N)c2c2c(C#N)cnc12. The van der Waals surface area contributed by atoms with Crippen molar-refractivity contribution in [3.8, 4) is 12.1 Å². The molecule has 6 heteroatoms. The average Bonchev–Trinajstić information content (AvgIpc) is 2.81. The lowest BCUT2D eigenvalue weighted by Crippen LogP contribution is -1.89. The number of nitrogens with two attached hydrogens (primary N) is 2. The minimum absolute atomic E-state index is 0.267. The standard InChI is InChI=1S/C14H8N6/c15-3-7-1-8-5-19-11(18)2-10(17)12(8)13-9(4-16)6-20-14(7)13/h1-2,5-6H,17H2,(H2,18,19). The summed E-state index contributed by atoms with van der Waals surface area (Å²) in [6, 6.07) is 7.32. The van der Waals surface area contributed by atoms with E-state index >= 15 is 0 Å². The van der Waals surface area contributed by atoms with Crippen LogP contribution in [-0.4, -0.2) is 9.97 Å². The van der Waals surface area contributed by atoms with Gasteiger partial charge in [0.15, 0.2) is 0 Å². The van der Waals surface area contributed by atoms with Gasteiger partial charge in [-0.25, -0.2) is 4.98 Å². The van der Waals surface area contributed by atoms with Crippen molar-refractivity contribution in [3.63, 3.8) is 0 Å². The molecule has 4 N–H and O–H groups in total. The van der Waals surface area contributed by atoms with Gasteiger partial charge in [0.2, 0.25) is 0 Å². The van der Waals surface area contributed by atoms with Gasteiger partial charge < -0.3 is 11.5 Å². The van der Waals surface area contributed by atoms with Crippen LogP contribution in [0, 0.1) is 22.7 Å². The van der Waals surface area contributed by atoms with Crippen LogP contribution >= 0.6 is 0 Å². The first-order valence-electron chi connectivity index (χ1n) is 5.72. The first-order chi connectivity index (χ1) is 9.65. The molecule has 2 aromatic heterocycles. The number of benzene rings is 1. The topological polar surface area (TPSA) is 125 Å². The van der Waals surface area contributed by atoms with E-state index in [0.29, 0.717) is 38.5 Å². The zero-order valence-electron chi connectivity index (χ0n) is 10.3. The van der Waals surface area contributed by atoms with Crippen molar-refractivity contribution in [3.05, 3.63) is 35.7 Å². The summed E-state index contributed by atoms with van der Waals surface area (Å²) in [6.45, 7) is 0.